The molecule has 2 heterocycles. The van der Waals surface area contributed by atoms with Gasteiger partial charge in [-0.05, 0) is 6.92 Å². The number of hydrogen-bond donors (Lipinski definition) is 0. The van der Waals surface area contributed by atoms with Crippen LogP contribution in [0.1, 0.15) is 24.3 Å². The predicted molar refractivity (Wildman–Crippen MR) is 56.4 cm³/mol. The second-order valence-electron chi connectivity index (χ2n) is 2.43. The van der Waals surface area contributed by atoms with Crippen LogP contribution in [0.2, 0.25) is 0 Å². The van der Waals surface area contributed by atoms with E-state index in [4.69, 9.17) is 0 Å². The SMILES string of the molecule is Cc1nc2c(s1)C(I)C=NC2=O. The zero-order valence-electron chi connectivity index (χ0n) is 6.24. The van der Waals surface area contributed by atoms with Gasteiger partial charge in [-0.1, -0.05) is 22.6 Å². The van der Waals surface area contributed by atoms with Crippen LogP contribution in [0, 0.1) is 6.92 Å². The van der Waals surface area contributed by atoms with E-state index >= 15 is 0 Å². The normalized spacial score (nSPS) is 21.2. The fourth-order valence-electron chi connectivity index (χ4n) is 1.04. The van der Waals surface area contributed by atoms with E-state index in [1.54, 1.807) is 17.6 Å². The molecule has 0 saturated carbocycles. The van der Waals surface area contributed by atoms with Gasteiger partial charge in [0.15, 0.2) is 0 Å². The quantitative estimate of drug-likeness (QED) is 0.543. The van der Waals surface area contributed by atoms with Crippen molar-refractivity contribution in [3.05, 3.63) is 15.6 Å². The Morgan fingerprint density at radius 3 is 3.08 bits per heavy atom. The third kappa shape index (κ3) is 1.20. The zero-order chi connectivity index (χ0) is 8.72. The van der Waals surface area contributed by atoms with E-state index in [9.17, 15) is 4.79 Å². The Balaban J connectivity index is 2.60. The predicted octanol–water partition coefficient (Wildman–Crippen LogP) is 2.15. The standard InChI is InChI=1S/C7H5IN2OS/c1-3-10-5-6(12-3)4(8)2-9-7(5)11/h2,4H,1H3. The van der Waals surface area contributed by atoms with Crippen molar-refractivity contribution in [2.24, 2.45) is 4.99 Å². The lowest BCUT2D eigenvalue weighted by Gasteiger charge is -2.05. The second kappa shape index (κ2) is 2.88. The van der Waals surface area contributed by atoms with E-state index < -0.39 is 0 Å². The Morgan fingerprint density at radius 2 is 2.42 bits per heavy atom. The van der Waals surface area contributed by atoms with Crippen molar-refractivity contribution in [1.29, 1.82) is 0 Å². The first-order valence-electron chi connectivity index (χ1n) is 3.38. The molecule has 1 amide bonds. The highest BCUT2D eigenvalue weighted by atomic mass is 127. The Labute approximate surface area is 87.1 Å². The molecule has 0 bridgehead atoms. The van der Waals surface area contributed by atoms with Crippen molar-refractivity contribution in [3.8, 4) is 0 Å². The molecule has 0 spiro atoms. The molecule has 1 aromatic rings. The molecule has 1 aliphatic heterocycles. The minimum atomic E-state index is -0.206. The van der Waals surface area contributed by atoms with Crippen LogP contribution in [0.25, 0.3) is 0 Å². The van der Waals surface area contributed by atoms with Gasteiger partial charge in [0.05, 0.1) is 13.8 Å². The minimum Gasteiger partial charge on any atom is -0.265 e. The van der Waals surface area contributed by atoms with E-state index in [1.807, 2.05) is 6.92 Å². The highest BCUT2D eigenvalue weighted by molar-refractivity contribution is 14.1. The largest absolute Gasteiger partial charge is 0.296 e. The molecule has 3 nitrogen and oxygen atoms in total. The topological polar surface area (TPSA) is 42.3 Å². The number of aromatic nitrogens is 1. The average molecular weight is 292 g/mol. The van der Waals surface area contributed by atoms with Crippen LogP contribution in [0.5, 0.6) is 0 Å². The fraction of sp³-hybridized carbons (Fsp3) is 0.286. The maximum Gasteiger partial charge on any atom is 0.296 e. The van der Waals surface area contributed by atoms with Crippen LogP contribution in [-0.4, -0.2) is 17.1 Å². The average Bonchev–Trinajstić information content (AvgIpc) is 2.41. The van der Waals surface area contributed by atoms with E-state index in [1.165, 1.54) is 0 Å². The summed E-state index contributed by atoms with van der Waals surface area (Å²) in [6, 6.07) is 0. The maximum absolute atomic E-state index is 11.2. The summed E-state index contributed by atoms with van der Waals surface area (Å²) >= 11 is 3.81. The van der Waals surface area contributed by atoms with Gasteiger partial charge in [-0.2, -0.15) is 0 Å². The van der Waals surface area contributed by atoms with Gasteiger partial charge in [-0.25, -0.2) is 9.98 Å². The molecule has 2 rings (SSSR count). The number of thiazole rings is 1. The van der Waals surface area contributed by atoms with E-state index in [0.29, 0.717) is 5.69 Å². The molecule has 1 unspecified atom stereocenters. The molecule has 0 aliphatic carbocycles. The Kier molecular flexibility index (Phi) is 1.99. The summed E-state index contributed by atoms with van der Waals surface area (Å²) in [6.45, 7) is 1.90. The molecule has 62 valence electrons. The first kappa shape index (κ1) is 8.31. The number of carbonyl (C=O) groups is 1. The number of aliphatic imine (C=N–C) groups is 1. The first-order valence-corrected chi connectivity index (χ1v) is 5.44. The number of hydrogen-bond acceptors (Lipinski definition) is 3. The number of nitrogens with zero attached hydrogens (tertiary/aromatic N) is 2. The number of rotatable bonds is 0. The summed E-state index contributed by atoms with van der Waals surface area (Å²) in [6.07, 6.45) is 1.67. The minimum absolute atomic E-state index is 0.206. The number of halogens is 1. The number of carbonyl (C=O) groups excluding carboxylic acids is 1. The van der Waals surface area contributed by atoms with Gasteiger partial charge in [0.25, 0.3) is 5.91 Å². The number of aryl methyl sites for hydroxylation is 1. The summed E-state index contributed by atoms with van der Waals surface area (Å²) in [5, 5.41) is 0.931. The monoisotopic (exact) mass is 292 g/mol. The first-order chi connectivity index (χ1) is 5.68. The van der Waals surface area contributed by atoms with Crippen LogP contribution in [0.4, 0.5) is 0 Å². The Hall–Kier alpha value is -0.300. The summed E-state index contributed by atoms with van der Waals surface area (Å²) < 4.78 is 0.210. The number of alkyl halides is 1. The van der Waals surface area contributed by atoms with Crippen molar-refractivity contribution in [3.63, 3.8) is 0 Å². The molecule has 0 radical (unpaired) electrons. The van der Waals surface area contributed by atoms with Gasteiger partial charge in [-0.3, -0.25) is 4.79 Å². The molecule has 0 aromatic carbocycles. The Bertz CT molecular complexity index is 371. The van der Waals surface area contributed by atoms with Crippen LogP contribution in [0.15, 0.2) is 4.99 Å². The van der Waals surface area contributed by atoms with E-state index in [2.05, 4.69) is 32.6 Å². The van der Waals surface area contributed by atoms with Crippen molar-refractivity contribution in [1.82, 2.24) is 4.98 Å². The van der Waals surface area contributed by atoms with Gasteiger partial charge in [-0.15, -0.1) is 11.3 Å². The molecule has 1 aromatic heterocycles. The lowest BCUT2D eigenvalue weighted by atomic mass is 10.2. The van der Waals surface area contributed by atoms with Crippen molar-refractivity contribution >= 4 is 46.0 Å². The summed E-state index contributed by atoms with van der Waals surface area (Å²) in [5.74, 6) is -0.206. The molecule has 5 heteroatoms. The van der Waals surface area contributed by atoms with Crippen molar-refractivity contribution in [2.75, 3.05) is 0 Å². The zero-order valence-corrected chi connectivity index (χ0v) is 9.22. The van der Waals surface area contributed by atoms with Crippen LogP contribution >= 0.6 is 33.9 Å². The third-order valence-corrected chi connectivity index (χ3v) is 3.96. The van der Waals surface area contributed by atoms with Gasteiger partial charge in [0, 0.05) is 6.21 Å². The molecule has 0 N–H and O–H groups in total. The number of fused-ring (bicyclic) bond motifs is 1. The summed E-state index contributed by atoms with van der Waals surface area (Å²) in [4.78, 5) is 20.1. The molecule has 0 fully saturated rings. The van der Waals surface area contributed by atoms with Gasteiger partial charge in [0.2, 0.25) is 0 Å². The lowest BCUT2D eigenvalue weighted by molar-refractivity contribution is 0.0997. The lowest BCUT2D eigenvalue weighted by Crippen LogP contribution is -2.08. The van der Waals surface area contributed by atoms with Gasteiger partial charge >= 0.3 is 0 Å². The molecule has 1 aliphatic rings. The van der Waals surface area contributed by atoms with Gasteiger partial charge in [0.1, 0.15) is 5.69 Å². The highest BCUT2D eigenvalue weighted by Gasteiger charge is 2.24. The van der Waals surface area contributed by atoms with Crippen LogP contribution in [0.3, 0.4) is 0 Å². The molecule has 1 atom stereocenters. The smallest absolute Gasteiger partial charge is 0.265 e. The van der Waals surface area contributed by atoms with Crippen LogP contribution in [-0.2, 0) is 0 Å². The van der Waals surface area contributed by atoms with E-state index in [-0.39, 0.29) is 9.83 Å². The fourth-order valence-corrected chi connectivity index (χ4v) is 2.74. The molecular formula is C7H5IN2OS. The van der Waals surface area contributed by atoms with Crippen LogP contribution < -0.4 is 0 Å². The number of amides is 1. The van der Waals surface area contributed by atoms with Crippen molar-refractivity contribution in [2.45, 2.75) is 10.8 Å². The molecule has 0 saturated heterocycles. The van der Waals surface area contributed by atoms with Gasteiger partial charge < -0.3 is 0 Å². The molecular weight excluding hydrogens is 287 g/mol. The second-order valence-corrected chi connectivity index (χ2v) is 5.01. The maximum atomic E-state index is 11.2. The molecule has 12 heavy (non-hydrogen) atoms. The summed E-state index contributed by atoms with van der Waals surface area (Å²) in [5.41, 5.74) is 0.541. The van der Waals surface area contributed by atoms with Crippen molar-refractivity contribution < 1.29 is 4.79 Å². The highest BCUT2D eigenvalue weighted by Crippen LogP contribution is 2.33. The Morgan fingerprint density at radius 1 is 1.67 bits per heavy atom. The van der Waals surface area contributed by atoms with E-state index in [0.717, 1.165) is 9.88 Å². The summed E-state index contributed by atoms with van der Waals surface area (Å²) in [7, 11) is 0. The third-order valence-electron chi connectivity index (χ3n) is 1.54.